The Morgan fingerprint density at radius 1 is 0.964 bits per heavy atom. The Morgan fingerprint density at radius 2 is 1.64 bits per heavy atom. The monoisotopic (exact) mass is 372 g/mol. The molecule has 0 spiro atoms. The Hall–Kier alpha value is -3.73. The summed E-state index contributed by atoms with van der Waals surface area (Å²) in [5, 5.41) is 13.9. The molecular weight excluding hydrogens is 352 g/mol. The number of benzene rings is 3. The number of nitrogens with zero attached hydrogens (tertiary/aromatic N) is 1. The van der Waals surface area contributed by atoms with E-state index < -0.39 is 4.92 Å². The lowest BCUT2D eigenvalue weighted by molar-refractivity contribution is -0.384. The molecule has 0 saturated heterocycles. The van der Waals surface area contributed by atoms with Gasteiger partial charge in [-0.1, -0.05) is 72.3 Å². The number of carbonyl (C=O) groups excluding carboxylic acids is 1. The second kappa shape index (κ2) is 8.77. The molecule has 0 saturated carbocycles. The average Bonchev–Trinajstić information content (AvgIpc) is 2.72. The van der Waals surface area contributed by atoms with Gasteiger partial charge in [-0.2, -0.15) is 0 Å². The summed E-state index contributed by atoms with van der Waals surface area (Å²) in [6.07, 6.45) is 2.96. The van der Waals surface area contributed by atoms with E-state index >= 15 is 0 Å². The predicted molar refractivity (Wildman–Crippen MR) is 110 cm³/mol. The quantitative estimate of drug-likeness (QED) is 0.383. The summed E-state index contributed by atoms with van der Waals surface area (Å²) in [6, 6.07) is 23.6. The first-order valence-corrected chi connectivity index (χ1v) is 8.87. The number of amides is 1. The molecule has 0 fully saturated rings. The van der Waals surface area contributed by atoms with Crippen LogP contribution in [0.2, 0.25) is 0 Å². The highest BCUT2D eigenvalue weighted by Gasteiger charge is 2.15. The third-order valence-corrected chi connectivity index (χ3v) is 4.34. The minimum atomic E-state index is -0.458. The number of non-ortho nitro benzene ring substituents is 1. The first-order valence-electron chi connectivity index (χ1n) is 8.87. The number of rotatable bonds is 6. The molecule has 1 amide bonds. The largest absolute Gasteiger partial charge is 0.342 e. The van der Waals surface area contributed by atoms with E-state index in [1.54, 1.807) is 18.2 Å². The molecule has 0 aliphatic rings. The van der Waals surface area contributed by atoms with Gasteiger partial charge in [0.1, 0.15) is 0 Å². The predicted octanol–water partition coefficient (Wildman–Crippen LogP) is 4.82. The lowest BCUT2D eigenvalue weighted by Gasteiger charge is -2.19. The van der Waals surface area contributed by atoms with Crippen LogP contribution in [0.1, 0.15) is 28.3 Å². The zero-order valence-corrected chi connectivity index (χ0v) is 15.4. The fourth-order valence-corrected chi connectivity index (χ4v) is 2.87. The standard InChI is InChI=1S/C23H20N2O3/c1-17-10-13-20(14-11-17)23(19-7-3-2-4-8-19)24-22(26)15-12-18-6-5-9-21(16-18)25(27)28/h2-16,23H,1H3,(H,24,26)/b15-12+/t23-/m0/s1. The molecule has 140 valence electrons. The van der Waals surface area contributed by atoms with Gasteiger partial charge in [0.25, 0.3) is 5.69 Å². The smallest absolute Gasteiger partial charge is 0.270 e. The van der Waals surface area contributed by atoms with Crippen LogP contribution in [0, 0.1) is 17.0 Å². The van der Waals surface area contributed by atoms with Crippen LogP contribution in [0.15, 0.2) is 84.9 Å². The molecule has 28 heavy (non-hydrogen) atoms. The Labute approximate surface area is 163 Å². The summed E-state index contributed by atoms with van der Waals surface area (Å²) in [5.41, 5.74) is 3.69. The Kier molecular flexibility index (Phi) is 5.97. The van der Waals surface area contributed by atoms with Gasteiger partial charge in [0.05, 0.1) is 11.0 Å². The van der Waals surface area contributed by atoms with Gasteiger partial charge in [0, 0.05) is 18.2 Å². The van der Waals surface area contributed by atoms with E-state index in [9.17, 15) is 14.9 Å². The van der Waals surface area contributed by atoms with Crippen molar-refractivity contribution in [3.63, 3.8) is 0 Å². The van der Waals surface area contributed by atoms with Crippen molar-refractivity contribution in [1.82, 2.24) is 5.32 Å². The molecule has 0 bridgehead atoms. The minimum Gasteiger partial charge on any atom is -0.342 e. The normalized spacial score (nSPS) is 11.9. The number of aryl methyl sites for hydroxylation is 1. The van der Waals surface area contributed by atoms with Crippen molar-refractivity contribution >= 4 is 17.7 Å². The summed E-state index contributed by atoms with van der Waals surface area (Å²) in [6.45, 7) is 2.02. The molecule has 3 rings (SSSR count). The lowest BCUT2D eigenvalue weighted by atomic mass is 9.98. The van der Waals surface area contributed by atoms with E-state index in [0.717, 1.165) is 16.7 Å². The van der Waals surface area contributed by atoms with Crippen LogP contribution in [0.3, 0.4) is 0 Å². The molecule has 0 aromatic heterocycles. The maximum atomic E-state index is 12.5. The van der Waals surface area contributed by atoms with Gasteiger partial charge >= 0.3 is 0 Å². The van der Waals surface area contributed by atoms with Crippen molar-refractivity contribution in [2.45, 2.75) is 13.0 Å². The van der Waals surface area contributed by atoms with Gasteiger partial charge in [-0.05, 0) is 29.7 Å². The highest BCUT2D eigenvalue weighted by atomic mass is 16.6. The number of nitrogens with one attached hydrogen (secondary N) is 1. The SMILES string of the molecule is Cc1ccc([C@@H](NC(=O)/C=C/c2cccc([N+](=O)[O-])c2)c2ccccc2)cc1. The molecular formula is C23H20N2O3. The van der Waals surface area contributed by atoms with Crippen LogP contribution in [0.4, 0.5) is 5.69 Å². The molecule has 1 N–H and O–H groups in total. The summed E-state index contributed by atoms with van der Waals surface area (Å²) in [5.74, 6) is -0.277. The topological polar surface area (TPSA) is 72.2 Å². The highest BCUT2D eigenvalue weighted by Crippen LogP contribution is 2.22. The van der Waals surface area contributed by atoms with E-state index in [0.29, 0.717) is 5.56 Å². The van der Waals surface area contributed by atoms with E-state index in [-0.39, 0.29) is 17.6 Å². The van der Waals surface area contributed by atoms with Crippen LogP contribution < -0.4 is 5.32 Å². The number of hydrogen-bond donors (Lipinski definition) is 1. The molecule has 0 aliphatic heterocycles. The van der Waals surface area contributed by atoms with E-state index in [2.05, 4.69) is 5.32 Å². The average molecular weight is 372 g/mol. The molecule has 1 atom stereocenters. The van der Waals surface area contributed by atoms with Crippen molar-refractivity contribution < 1.29 is 9.72 Å². The van der Waals surface area contributed by atoms with Gasteiger partial charge < -0.3 is 5.32 Å². The van der Waals surface area contributed by atoms with Gasteiger partial charge in [0.2, 0.25) is 5.91 Å². The third-order valence-electron chi connectivity index (χ3n) is 4.34. The van der Waals surface area contributed by atoms with Gasteiger partial charge in [0.15, 0.2) is 0 Å². The number of nitro groups is 1. The molecule has 0 aliphatic carbocycles. The number of hydrogen-bond acceptors (Lipinski definition) is 3. The Morgan fingerprint density at radius 3 is 2.32 bits per heavy atom. The zero-order valence-electron chi connectivity index (χ0n) is 15.4. The lowest BCUT2D eigenvalue weighted by Crippen LogP contribution is -2.27. The second-order valence-corrected chi connectivity index (χ2v) is 6.45. The van der Waals surface area contributed by atoms with Crippen molar-refractivity contribution in [3.8, 4) is 0 Å². The Bertz CT molecular complexity index is 996. The number of carbonyl (C=O) groups is 1. The van der Waals surface area contributed by atoms with Crippen molar-refractivity contribution in [2.75, 3.05) is 0 Å². The van der Waals surface area contributed by atoms with Crippen molar-refractivity contribution in [3.05, 3.63) is 117 Å². The van der Waals surface area contributed by atoms with Crippen LogP contribution in [0.25, 0.3) is 6.08 Å². The molecule has 5 heteroatoms. The van der Waals surface area contributed by atoms with Crippen LogP contribution in [0.5, 0.6) is 0 Å². The molecule has 0 radical (unpaired) electrons. The number of nitro benzene ring substituents is 1. The molecule has 0 unspecified atom stereocenters. The third kappa shape index (κ3) is 4.92. The molecule has 5 nitrogen and oxygen atoms in total. The molecule has 3 aromatic carbocycles. The van der Waals surface area contributed by atoms with Crippen molar-refractivity contribution in [2.24, 2.45) is 0 Å². The van der Waals surface area contributed by atoms with Gasteiger partial charge in [-0.25, -0.2) is 0 Å². The van der Waals surface area contributed by atoms with Gasteiger partial charge in [-0.3, -0.25) is 14.9 Å². The van der Waals surface area contributed by atoms with Gasteiger partial charge in [-0.15, -0.1) is 0 Å². The summed E-state index contributed by atoms with van der Waals surface area (Å²) < 4.78 is 0. The van der Waals surface area contributed by atoms with Crippen LogP contribution >= 0.6 is 0 Å². The summed E-state index contributed by atoms with van der Waals surface area (Å²) >= 11 is 0. The van der Waals surface area contributed by atoms with E-state index in [1.165, 1.54) is 18.2 Å². The first kappa shape index (κ1) is 19.0. The highest BCUT2D eigenvalue weighted by molar-refractivity contribution is 5.92. The molecule has 0 heterocycles. The first-order chi connectivity index (χ1) is 13.5. The molecule has 3 aromatic rings. The van der Waals surface area contributed by atoms with Crippen LogP contribution in [-0.4, -0.2) is 10.8 Å². The van der Waals surface area contributed by atoms with Crippen molar-refractivity contribution in [1.29, 1.82) is 0 Å². The summed E-state index contributed by atoms with van der Waals surface area (Å²) in [7, 11) is 0. The van der Waals surface area contributed by atoms with E-state index in [1.807, 2.05) is 61.5 Å². The van der Waals surface area contributed by atoms with Crippen LogP contribution in [-0.2, 0) is 4.79 Å². The Balaban J connectivity index is 1.80. The maximum absolute atomic E-state index is 12.5. The summed E-state index contributed by atoms with van der Waals surface area (Å²) in [4.78, 5) is 22.9. The second-order valence-electron chi connectivity index (χ2n) is 6.45. The maximum Gasteiger partial charge on any atom is 0.270 e. The fraction of sp³-hybridized carbons (Fsp3) is 0.0870. The zero-order chi connectivity index (χ0) is 19.9. The fourth-order valence-electron chi connectivity index (χ4n) is 2.87. The van der Waals surface area contributed by atoms with E-state index in [4.69, 9.17) is 0 Å². The minimum absolute atomic E-state index is 0.00984.